The van der Waals surface area contributed by atoms with E-state index in [0.29, 0.717) is 5.41 Å². The number of hydrogen-bond acceptors (Lipinski definition) is 2. The average molecular weight is 252 g/mol. The molecule has 2 unspecified atom stereocenters. The molecule has 2 saturated carbocycles. The number of nitrogens with zero attached hydrogens (tertiary/aromatic N) is 1. The van der Waals surface area contributed by atoms with E-state index in [0.717, 1.165) is 18.5 Å². The molecule has 18 heavy (non-hydrogen) atoms. The van der Waals surface area contributed by atoms with Crippen LogP contribution in [0.15, 0.2) is 0 Å². The quantitative estimate of drug-likeness (QED) is 0.752. The molecular weight excluding hydrogens is 220 g/mol. The van der Waals surface area contributed by atoms with E-state index in [-0.39, 0.29) is 0 Å². The maximum absolute atomic E-state index is 6.17. The van der Waals surface area contributed by atoms with Crippen molar-refractivity contribution in [3.63, 3.8) is 0 Å². The van der Waals surface area contributed by atoms with Gasteiger partial charge in [0, 0.05) is 12.6 Å². The lowest BCUT2D eigenvalue weighted by molar-refractivity contribution is 0.0831. The molecule has 2 fully saturated rings. The van der Waals surface area contributed by atoms with Crippen LogP contribution < -0.4 is 5.73 Å². The summed E-state index contributed by atoms with van der Waals surface area (Å²) in [6.45, 7) is 8.19. The summed E-state index contributed by atoms with van der Waals surface area (Å²) in [6, 6.07) is 0.900. The molecule has 0 saturated heterocycles. The van der Waals surface area contributed by atoms with E-state index in [1.165, 1.54) is 64.5 Å². The Balaban J connectivity index is 1.93. The van der Waals surface area contributed by atoms with Gasteiger partial charge in [0.1, 0.15) is 0 Å². The Morgan fingerprint density at radius 1 is 1.28 bits per heavy atom. The molecule has 2 heteroatoms. The van der Waals surface area contributed by atoms with Gasteiger partial charge in [0.2, 0.25) is 0 Å². The zero-order chi connectivity index (χ0) is 13.0. The zero-order valence-electron chi connectivity index (χ0n) is 12.5. The van der Waals surface area contributed by atoms with E-state index >= 15 is 0 Å². The Kier molecular flexibility index (Phi) is 5.08. The maximum Gasteiger partial charge on any atom is 0.00966 e. The summed E-state index contributed by atoms with van der Waals surface area (Å²) in [4.78, 5) is 2.77. The highest BCUT2D eigenvalue weighted by Crippen LogP contribution is 2.41. The second-order valence-electron chi connectivity index (χ2n) is 6.96. The second kappa shape index (κ2) is 6.38. The van der Waals surface area contributed by atoms with Gasteiger partial charge < -0.3 is 5.73 Å². The molecule has 2 N–H and O–H groups in total. The van der Waals surface area contributed by atoms with E-state index in [2.05, 4.69) is 18.7 Å². The first-order valence-electron chi connectivity index (χ1n) is 8.13. The lowest BCUT2D eigenvalue weighted by Gasteiger charge is -2.43. The van der Waals surface area contributed by atoms with Crippen LogP contribution in [0.3, 0.4) is 0 Å². The number of rotatable bonds is 7. The lowest BCUT2D eigenvalue weighted by Crippen LogP contribution is -2.46. The average Bonchev–Trinajstić information content (AvgIpc) is 3.19. The molecule has 2 atom stereocenters. The minimum atomic E-state index is 0.438. The van der Waals surface area contributed by atoms with Crippen LogP contribution in [0.25, 0.3) is 0 Å². The minimum Gasteiger partial charge on any atom is -0.330 e. The van der Waals surface area contributed by atoms with Gasteiger partial charge in [-0.1, -0.05) is 33.1 Å². The number of nitrogens with two attached hydrogens (primary N) is 1. The standard InChI is InChI=1S/C16H32N2/c1-3-4-10-18(15-7-8-15)13-16(12-17)9-5-6-14(2)11-16/h14-15H,3-13,17H2,1-2H3. The van der Waals surface area contributed by atoms with Crippen LogP contribution >= 0.6 is 0 Å². The van der Waals surface area contributed by atoms with Crippen molar-refractivity contribution in [2.75, 3.05) is 19.6 Å². The Hall–Kier alpha value is -0.0800. The smallest absolute Gasteiger partial charge is 0.00966 e. The van der Waals surface area contributed by atoms with Gasteiger partial charge in [-0.2, -0.15) is 0 Å². The molecular formula is C16H32N2. The molecule has 0 radical (unpaired) electrons. The molecule has 0 aromatic carbocycles. The molecule has 0 aromatic heterocycles. The molecule has 2 rings (SSSR count). The summed E-state index contributed by atoms with van der Waals surface area (Å²) in [5.74, 6) is 0.884. The van der Waals surface area contributed by atoms with Gasteiger partial charge in [-0.15, -0.1) is 0 Å². The Labute approximate surface area is 113 Å². The van der Waals surface area contributed by atoms with Gasteiger partial charge in [-0.3, -0.25) is 4.90 Å². The molecule has 0 aromatic rings. The molecule has 2 aliphatic carbocycles. The summed E-state index contributed by atoms with van der Waals surface area (Å²) in [5, 5.41) is 0. The lowest BCUT2D eigenvalue weighted by atomic mass is 9.69. The van der Waals surface area contributed by atoms with Crippen LogP contribution in [0.4, 0.5) is 0 Å². The first-order chi connectivity index (χ1) is 8.69. The second-order valence-corrected chi connectivity index (χ2v) is 6.96. The van der Waals surface area contributed by atoms with Crippen molar-refractivity contribution < 1.29 is 0 Å². The third kappa shape index (κ3) is 3.71. The molecule has 0 aliphatic heterocycles. The maximum atomic E-state index is 6.17. The van der Waals surface area contributed by atoms with Gasteiger partial charge in [0.25, 0.3) is 0 Å². The van der Waals surface area contributed by atoms with Crippen molar-refractivity contribution in [2.45, 2.75) is 71.3 Å². The van der Waals surface area contributed by atoms with Crippen LogP contribution in [-0.2, 0) is 0 Å². The van der Waals surface area contributed by atoms with Gasteiger partial charge in [-0.05, 0) is 56.5 Å². The zero-order valence-corrected chi connectivity index (χ0v) is 12.5. The van der Waals surface area contributed by atoms with Crippen molar-refractivity contribution in [3.05, 3.63) is 0 Å². The Morgan fingerprint density at radius 2 is 2.06 bits per heavy atom. The van der Waals surface area contributed by atoms with E-state index in [9.17, 15) is 0 Å². The highest BCUT2D eigenvalue weighted by Gasteiger charge is 2.38. The van der Waals surface area contributed by atoms with Gasteiger partial charge >= 0.3 is 0 Å². The number of hydrogen-bond donors (Lipinski definition) is 1. The molecule has 2 nitrogen and oxygen atoms in total. The highest BCUT2D eigenvalue weighted by atomic mass is 15.2. The SMILES string of the molecule is CCCCN(CC1(CN)CCCC(C)C1)C1CC1. The predicted octanol–water partition coefficient (Wildman–Crippen LogP) is 3.41. The van der Waals surface area contributed by atoms with Crippen LogP contribution in [0.1, 0.15) is 65.2 Å². The molecule has 0 amide bonds. The normalized spacial score (nSPS) is 33.0. The fourth-order valence-electron chi connectivity index (χ4n) is 3.78. The number of unbranched alkanes of at least 4 members (excludes halogenated alkanes) is 1. The van der Waals surface area contributed by atoms with E-state index in [1.54, 1.807) is 0 Å². The largest absolute Gasteiger partial charge is 0.330 e. The predicted molar refractivity (Wildman–Crippen MR) is 78.6 cm³/mol. The third-order valence-corrected chi connectivity index (χ3v) is 5.02. The topological polar surface area (TPSA) is 29.3 Å². The monoisotopic (exact) mass is 252 g/mol. The summed E-state index contributed by atoms with van der Waals surface area (Å²) in [6.07, 6.45) is 11.1. The molecule has 0 spiro atoms. The van der Waals surface area contributed by atoms with E-state index in [4.69, 9.17) is 5.73 Å². The summed E-state index contributed by atoms with van der Waals surface area (Å²) >= 11 is 0. The first kappa shape index (κ1) is 14.3. The van der Waals surface area contributed by atoms with Crippen molar-refractivity contribution >= 4 is 0 Å². The van der Waals surface area contributed by atoms with Crippen LogP contribution in [0.2, 0.25) is 0 Å². The van der Waals surface area contributed by atoms with Crippen molar-refractivity contribution in [1.29, 1.82) is 0 Å². The molecule has 0 bridgehead atoms. The van der Waals surface area contributed by atoms with Gasteiger partial charge in [0.15, 0.2) is 0 Å². The van der Waals surface area contributed by atoms with E-state index < -0.39 is 0 Å². The van der Waals surface area contributed by atoms with Crippen molar-refractivity contribution in [1.82, 2.24) is 4.90 Å². The highest BCUT2D eigenvalue weighted by molar-refractivity contribution is 4.93. The van der Waals surface area contributed by atoms with Crippen LogP contribution in [-0.4, -0.2) is 30.6 Å². The van der Waals surface area contributed by atoms with Gasteiger partial charge in [-0.25, -0.2) is 0 Å². The van der Waals surface area contributed by atoms with Crippen LogP contribution in [0.5, 0.6) is 0 Å². The summed E-state index contributed by atoms with van der Waals surface area (Å²) in [7, 11) is 0. The fraction of sp³-hybridized carbons (Fsp3) is 1.00. The minimum absolute atomic E-state index is 0.438. The van der Waals surface area contributed by atoms with Crippen molar-refractivity contribution in [3.8, 4) is 0 Å². The molecule has 0 heterocycles. The Morgan fingerprint density at radius 3 is 2.61 bits per heavy atom. The summed E-state index contributed by atoms with van der Waals surface area (Å²) in [5.41, 5.74) is 6.61. The third-order valence-electron chi connectivity index (χ3n) is 5.02. The fourth-order valence-corrected chi connectivity index (χ4v) is 3.78. The Bertz CT molecular complexity index is 249. The summed E-state index contributed by atoms with van der Waals surface area (Å²) < 4.78 is 0. The van der Waals surface area contributed by atoms with Crippen LogP contribution in [0, 0.1) is 11.3 Å². The van der Waals surface area contributed by atoms with Gasteiger partial charge in [0.05, 0.1) is 0 Å². The van der Waals surface area contributed by atoms with E-state index in [1.807, 2.05) is 0 Å². The van der Waals surface area contributed by atoms with Crippen molar-refractivity contribution in [2.24, 2.45) is 17.1 Å². The molecule has 2 aliphatic rings. The molecule has 106 valence electrons. The first-order valence-corrected chi connectivity index (χ1v) is 8.13.